The second-order valence-corrected chi connectivity index (χ2v) is 2.52. The van der Waals surface area contributed by atoms with Gasteiger partial charge in [-0.25, -0.2) is 4.39 Å². The van der Waals surface area contributed by atoms with E-state index in [1.807, 2.05) is 13.8 Å². The summed E-state index contributed by atoms with van der Waals surface area (Å²) in [4.78, 5) is 0. The zero-order valence-corrected chi connectivity index (χ0v) is 6.47. The first-order valence-corrected chi connectivity index (χ1v) is 3.33. The van der Waals surface area contributed by atoms with Crippen molar-refractivity contribution in [2.24, 2.45) is 11.5 Å². The summed E-state index contributed by atoms with van der Waals surface area (Å²) in [6, 6.07) is -0.524. The number of nitrogens with two attached hydrogens (primary N) is 2. The molecule has 0 rings (SSSR count). The smallest absolute Gasteiger partial charge is 0.108 e. The van der Waals surface area contributed by atoms with Gasteiger partial charge in [-0.3, -0.25) is 0 Å². The van der Waals surface area contributed by atoms with E-state index >= 15 is 0 Å². The van der Waals surface area contributed by atoms with Crippen LogP contribution < -0.4 is 11.5 Å². The maximum atomic E-state index is 11.8. The lowest BCUT2D eigenvalue weighted by molar-refractivity contribution is 0.463. The summed E-state index contributed by atoms with van der Waals surface area (Å²) in [5.74, 6) is 0. The molecule has 0 aromatic rings. The molecule has 0 saturated carbocycles. The molecule has 0 heterocycles. The van der Waals surface area contributed by atoms with Gasteiger partial charge in [0.2, 0.25) is 0 Å². The van der Waals surface area contributed by atoms with Gasteiger partial charge in [-0.05, 0) is 13.8 Å². The SMILES string of the molecule is C/C(=C\C(N)CF)C(C)N. The molecule has 3 heteroatoms. The van der Waals surface area contributed by atoms with Crippen LogP contribution in [0, 0.1) is 0 Å². The molecule has 0 bridgehead atoms. The molecule has 0 amide bonds. The van der Waals surface area contributed by atoms with Crippen molar-refractivity contribution in [1.29, 1.82) is 0 Å². The Morgan fingerprint density at radius 2 is 2.10 bits per heavy atom. The normalized spacial score (nSPS) is 18.7. The standard InChI is InChI=1S/C7H15FN2/c1-5(6(2)9)3-7(10)4-8/h3,6-7H,4,9-10H2,1-2H3/b5-3+. The molecule has 60 valence electrons. The summed E-state index contributed by atoms with van der Waals surface area (Å²) >= 11 is 0. The maximum Gasteiger partial charge on any atom is 0.108 e. The summed E-state index contributed by atoms with van der Waals surface area (Å²) < 4.78 is 11.8. The lowest BCUT2D eigenvalue weighted by Crippen LogP contribution is -2.23. The summed E-state index contributed by atoms with van der Waals surface area (Å²) in [6.45, 7) is 3.17. The van der Waals surface area contributed by atoms with Gasteiger partial charge in [0.05, 0.1) is 6.04 Å². The molecule has 0 aromatic carbocycles. The van der Waals surface area contributed by atoms with Crippen LogP contribution in [0.1, 0.15) is 13.8 Å². The van der Waals surface area contributed by atoms with E-state index in [0.717, 1.165) is 5.57 Å². The van der Waals surface area contributed by atoms with Crippen molar-refractivity contribution in [3.63, 3.8) is 0 Å². The summed E-state index contributed by atoms with van der Waals surface area (Å²) in [6.07, 6.45) is 1.66. The topological polar surface area (TPSA) is 52.0 Å². The average molecular weight is 146 g/mol. The van der Waals surface area contributed by atoms with E-state index in [2.05, 4.69) is 0 Å². The summed E-state index contributed by atoms with van der Waals surface area (Å²) in [5, 5.41) is 0. The van der Waals surface area contributed by atoms with E-state index in [4.69, 9.17) is 11.5 Å². The van der Waals surface area contributed by atoms with Crippen molar-refractivity contribution >= 4 is 0 Å². The molecule has 2 unspecified atom stereocenters. The van der Waals surface area contributed by atoms with Gasteiger partial charge in [0, 0.05) is 6.04 Å². The van der Waals surface area contributed by atoms with Crippen LogP contribution in [-0.4, -0.2) is 18.8 Å². The average Bonchev–Trinajstić information content (AvgIpc) is 1.87. The van der Waals surface area contributed by atoms with Crippen LogP contribution in [0.15, 0.2) is 11.6 Å². The summed E-state index contributed by atoms with van der Waals surface area (Å²) in [7, 11) is 0. The van der Waals surface area contributed by atoms with E-state index in [0.29, 0.717) is 0 Å². The lowest BCUT2D eigenvalue weighted by Gasteiger charge is -2.07. The molecule has 0 aliphatic heterocycles. The molecule has 2 atom stereocenters. The lowest BCUT2D eigenvalue weighted by atomic mass is 10.1. The first kappa shape index (κ1) is 9.59. The molecule has 10 heavy (non-hydrogen) atoms. The Morgan fingerprint density at radius 3 is 2.40 bits per heavy atom. The van der Waals surface area contributed by atoms with Crippen LogP contribution >= 0.6 is 0 Å². The second kappa shape index (κ2) is 4.41. The van der Waals surface area contributed by atoms with E-state index < -0.39 is 12.7 Å². The number of halogens is 1. The maximum absolute atomic E-state index is 11.8. The highest BCUT2D eigenvalue weighted by Gasteiger charge is 2.00. The minimum absolute atomic E-state index is 0.0300. The fraction of sp³-hybridized carbons (Fsp3) is 0.714. The van der Waals surface area contributed by atoms with Gasteiger partial charge >= 0.3 is 0 Å². The van der Waals surface area contributed by atoms with Crippen molar-refractivity contribution in [3.05, 3.63) is 11.6 Å². The molecular formula is C7H15FN2. The molecular weight excluding hydrogens is 131 g/mol. The van der Waals surface area contributed by atoms with Crippen LogP contribution in [-0.2, 0) is 0 Å². The number of rotatable bonds is 3. The van der Waals surface area contributed by atoms with Crippen LogP contribution in [0.25, 0.3) is 0 Å². The van der Waals surface area contributed by atoms with Gasteiger partial charge in [0.15, 0.2) is 0 Å². The molecule has 4 N–H and O–H groups in total. The molecule has 0 saturated heterocycles. The minimum Gasteiger partial charge on any atom is -0.324 e. The molecule has 0 aromatic heterocycles. The number of alkyl halides is 1. The molecule has 0 aliphatic carbocycles. The van der Waals surface area contributed by atoms with Gasteiger partial charge in [-0.1, -0.05) is 11.6 Å². The van der Waals surface area contributed by atoms with Crippen molar-refractivity contribution in [1.82, 2.24) is 0 Å². The molecule has 0 fully saturated rings. The fourth-order valence-electron chi connectivity index (χ4n) is 0.534. The predicted molar refractivity (Wildman–Crippen MR) is 41.4 cm³/mol. The second-order valence-electron chi connectivity index (χ2n) is 2.52. The Labute approximate surface area is 61.1 Å². The van der Waals surface area contributed by atoms with Gasteiger partial charge in [0.1, 0.15) is 6.67 Å². The molecule has 0 aliphatic rings. The Kier molecular flexibility index (Phi) is 4.23. The number of hydrogen-bond donors (Lipinski definition) is 2. The largest absolute Gasteiger partial charge is 0.324 e. The minimum atomic E-state index is -0.524. The monoisotopic (exact) mass is 146 g/mol. The third kappa shape index (κ3) is 3.58. The quantitative estimate of drug-likeness (QED) is 0.572. The Hall–Kier alpha value is -0.410. The predicted octanol–water partition coefficient (Wildman–Crippen LogP) is 0.577. The highest BCUT2D eigenvalue weighted by atomic mass is 19.1. The van der Waals surface area contributed by atoms with Crippen LogP contribution in [0.4, 0.5) is 4.39 Å². The van der Waals surface area contributed by atoms with Crippen molar-refractivity contribution in [2.75, 3.05) is 6.67 Å². The van der Waals surface area contributed by atoms with Gasteiger partial charge < -0.3 is 11.5 Å². The zero-order chi connectivity index (χ0) is 8.15. The third-order valence-corrected chi connectivity index (χ3v) is 1.37. The first-order valence-electron chi connectivity index (χ1n) is 3.33. The van der Waals surface area contributed by atoms with E-state index in [1.54, 1.807) is 6.08 Å². The Bertz CT molecular complexity index is 121. The highest BCUT2D eigenvalue weighted by Crippen LogP contribution is 1.98. The van der Waals surface area contributed by atoms with Crippen LogP contribution in [0.2, 0.25) is 0 Å². The number of hydrogen-bond acceptors (Lipinski definition) is 2. The first-order chi connectivity index (χ1) is 4.57. The third-order valence-electron chi connectivity index (χ3n) is 1.37. The van der Waals surface area contributed by atoms with E-state index in [-0.39, 0.29) is 6.04 Å². The van der Waals surface area contributed by atoms with Crippen molar-refractivity contribution < 1.29 is 4.39 Å². The highest BCUT2D eigenvalue weighted by molar-refractivity contribution is 5.08. The summed E-state index contributed by atoms with van der Waals surface area (Å²) in [5.41, 5.74) is 11.7. The molecule has 0 spiro atoms. The van der Waals surface area contributed by atoms with Crippen LogP contribution in [0.5, 0.6) is 0 Å². The van der Waals surface area contributed by atoms with Gasteiger partial charge in [0.25, 0.3) is 0 Å². The zero-order valence-electron chi connectivity index (χ0n) is 6.47. The van der Waals surface area contributed by atoms with E-state index in [9.17, 15) is 4.39 Å². The fourth-order valence-corrected chi connectivity index (χ4v) is 0.534. The Morgan fingerprint density at radius 1 is 1.60 bits per heavy atom. The molecule has 0 radical (unpaired) electrons. The van der Waals surface area contributed by atoms with Crippen LogP contribution in [0.3, 0.4) is 0 Å². The van der Waals surface area contributed by atoms with Gasteiger partial charge in [-0.15, -0.1) is 0 Å². The molecule has 2 nitrogen and oxygen atoms in total. The van der Waals surface area contributed by atoms with Crippen molar-refractivity contribution in [3.8, 4) is 0 Å². The Balaban J connectivity index is 3.89. The van der Waals surface area contributed by atoms with E-state index in [1.165, 1.54) is 0 Å². The van der Waals surface area contributed by atoms with Crippen molar-refractivity contribution in [2.45, 2.75) is 25.9 Å². The van der Waals surface area contributed by atoms with Gasteiger partial charge in [-0.2, -0.15) is 0 Å².